The molecule has 2 aromatic heterocycles. The van der Waals surface area contributed by atoms with Crippen LogP contribution < -0.4 is 15.1 Å². The molecule has 0 aliphatic carbocycles. The largest absolute Gasteiger partial charge is 0.353 e. The van der Waals surface area contributed by atoms with E-state index in [0.717, 1.165) is 46.9 Å². The van der Waals surface area contributed by atoms with Gasteiger partial charge >= 0.3 is 0 Å². The number of hydrogen-bond acceptors (Lipinski definition) is 5. The lowest BCUT2D eigenvalue weighted by molar-refractivity contribution is 0.0981. The van der Waals surface area contributed by atoms with Crippen molar-refractivity contribution in [2.75, 3.05) is 28.2 Å². The van der Waals surface area contributed by atoms with E-state index < -0.39 is 5.82 Å². The van der Waals surface area contributed by atoms with Gasteiger partial charge in [0.2, 0.25) is 0 Å². The van der Waals surface area contributed by atoms with Crippen molar-refractivity contribution in [1.29, 1.82) is 0 Å². The van der Waals surface area contributed by atoms with Gasteiger partial charge in [-0.1, -0.05) is 50.2 Å². The predicted molar refractivity (Wildman–Crippen MR) is 164 cm³/mol. The van der Waals surface area contributed by atoms with Gasteiger partial charge < -0.3 is 15.1 Å². The van der Waals surface area contributed by atoms with Crippen molar-refractivity contribution in [3.63, 3.8) is 0 Å². The van der Waals surface area contributed by atoms with E-state index in [2.05, 4.69) is 24.1 Å². The highest BCUT2D eigenvalue weighted by atomic mass is 32.1. The second kappa shape index (κ2) is 11.1. The molecule has 0 unspecified atom stereocenters. The standard InChI is InChI=1S/C33H33FN4O2S/c1-20(2)26-14-8-17-37(26)29-15-7-12-25(35-29)33(40)38-18-16-22-19-28(41-31(22)23-10-4-5-13-27(23)38)32(39)36-30-21(3)9-6-11-24(30)34/h4-7,9-13,15,19-20,26H,8,14,16-18H2,1-3H3,(H,36,39)/t26-/m0/s1. The molecule has 0 spiro atoms. The molecule has 1 saturated heterocycles. The summed E-state index contributed by atoms with van der Waals surface area (Å²) in [7, 11) is 0. The Labute approximate surface area is 243 Å². The van der Waals surface area contributed by atoms with E-state index in [1.807, 2.05) is 42.5 Å². The van der Waals surface area contributed by atoms with Crippen LogP contribution in [-0.2, 0) is 6.42 Å². The predicted octanol–water partition coefficient (Wildman–Crippen LogP) is 7.34. The van der Waals surface area contributed by atoms with Gasteiger partial charge in [0.1, 0.15) is 17.3 Å². The molecule has 1 fully saturated rings. The topological polar surface area (TPSA) is 65.5 Å². The van der Waals surface area contributed by atoms with Crippen LogP contribution in [0.15, 0.2) is 66.7 Å². The number of fused-ring (bicyclic) bond motifs is 3. The molecule has 4 heterocycles. The first kappa shape index (κ1) is 27.1. The number of carbonyl (C=O) groups excluding carboxylic acids is 2. The zero-order valence-corrected chi connectivity index (χ0v) is 24.3. The molecule has 1 atom stereocenters. The van der Waals surface area contributed by atoms with Crippen molar-refractivity contribution < 1.29 is 14.0 Å². The zero-order valence-electron chi connectivity index (χ0n) is 23.5. The van der Waals surface area contributed by atoms with Crippen LogP contribution in [-0.4, -0.2) is 35.9 Å². The van der Waals surface area contributed by atoms with Gasteiger partial charge in [-0.05, 0) is 73.6 Å². The van der Waals surface area contributed by atoms with Crippen LogP contribution in [0.25, 0.3) is 10.4 Å². The highest BCUT2D eigenvalue weighted by molar-refractivity contribution is 7.17. The van der Waals surface area contributed by atoms with E-state index in [4.69, 9.17) is 4.98 Å². The summed E-state index contributed by atoms with van der Waals surface area (Å²) in [4.78, 5) is 37.6. The number of nitrogens with one attached hydrogen (secondary N) is 1. The molecule has 41 heavy (non-hydrogen) atoms. The Balaban J connectivity index is 1.29. The van der Waals surface area contributed by atoms with Crippen molar-refractivity contribution in [1.82, 2.24) is 4.98 Å². The minimum Gasteiger partial charge on any atom is -0.353 e. The fourth-order valence-corrected chi connectivity index (χ4v) is 7.13. The van der Waals surface area contributed by atoms with Crippen LogP contribution in [0, 0.1) is 18.7 Å². The van der Waals surface area contributed by atoms with E-state index >= 15 is 0 Å². The Morgan fingerprint density at radius 3 is 2.66 bits per heavy atom. The first-order chi connectivity index (χ1) is 19.8. The van der Waals surface area contributed by atoms with Crippen molar-refractivity contribution >= 4 is 40.3 Å². The summed E-state index contributed by atoms with van der Waals surface area (Å²) in [6.07, 6.45) is 2.85. The van der Waals surface area contributed by atoms with Crippen LogP contribution in [0.2, 0.25) is 0 Å². The molecule has 6 rings (SSSR count). The second-order valence-corrected chi connectivity index (χ2v) is 12.2. The molecule has 0 saturated carbocycles. The lowest BCUT2D eigenvalue weighted by atomic mass is 10.0. The molecule has 2 aromatic carbocycles. The number of carbonyl (C=O) groups is 2. The third-order valence-corrected chi connectivity index (χ3v) is 9.31. The first-order valence-corrected chi connectivity index (χ1v) is 15.0. The van der Waals surface area contributed by atoms with Gasteiger partial charge in [0, 0.05) is 29.6 Å². The van der Waals surface area contributed by atoms with Crippen LogP contribution in [0.4, 0.5) is 21.6 Å². The fourth-order valence-electron chi connectivity index (χ4n) is 6.00. The maximum absolute atomic E-state index is 14.4. The van der Waals surface area contributed by atoms with Crippen LogP contribution in [0.5, 0.6) is 0 Å². The fraction of sp³-hybridized carbons (Fsp3) is 0.303. The number of rotatable bonds is 5. The van der Waals surface area contributed by atoms with E-state index in [1.165, 1.54) is 17.4 Å². The average Bonchev–Trinajstić information content (AvgIpc) is 3.61. The summed E-state index contributed by atoms with van der Waals surface area (Å²) in [5.74, 6) is 0.429. The Morgan fingerprint density at radius 2 is 1.85 bits per heavy atom. The first-order valence-electron chi connectivity index (χ1n) is 14.2. The number of aryl methyl sites for hydroxylation is 1. The molecule has 4 aromatic rings. The molecule has 2 amide bonds. The highest BCUT2D eigenvalue weighted by Gasteiger charge is 2.31. The normalized spacial score (nSPS) is 16.4. The minimum absolute atomic E-state index is 0.136. The summed E-state index contributed by atoms with van der Waals surface area (Å²) >= 11 is 1.37. The molecule has 0 bridgehead atoms. The van der Waals surface area contributed by atoms with Gasteiger partial charge in [0.05, 0.1) is 16.3 Å². The van der Waals surface area contributed by atoms with E-state index in [1.54, 1.807) is 30.0 Å². The lowest BCUT2D eigenvalue weighted by Crippen LogP contribution is -2.36. The van der Waals surface area contributed by atoms with Gasteiger partial charge in [0.15, 0.2) is 0 Å². The third-order valence-electron chi connectivity index (χ3n) is 8.10. The average molecular weight is 569 g/mol. The Bertz CT molecular complexity index is 1610. The van der Waals surface area contributed by atoms with Gasteiger partial charge in [-0.25, -0.2) is 9.37 Å². The number of halogens is 1. The summed E-state index contributed by atoms with van der Waals surface area (Å²) in [6.45, 7) is 7.65. The SMILES string of the molecule is Cc1cccc(F)c1NC(=O)c1cc2c(s1)-c1ccccc1N(C(=O)c1cccc(N3CCC[C@H]3C(C)C)n1)CC2. The Kier molecular flexibility index (Phi) is 7.34. The highest BCUT2D eigenvalue weighted by Crippen LogP contribution is 2.42. The number of hydrogen-bond donors (Lipinski definition) is 1. The lowest BCUT2D eigenvalue weighted by Gasteiger charge is -2.29. The van der Waals surface area contributed by atoms with E-state index in [9.17, 15) is 14.0 Å². The smallest absolute Gasteiger partial charge is 0.276 e. The monoisotopic (exact) mass is 568 g/mol. The Morgan fingerprint density at radius 1 is 1.05 bits per heavy atom. The maximum atomic E-state index is 14.4. The van der Waals surface area contributed by atoms with Gasteiger partial charge in [-0.3, -0.25) is 9.59 Å². The number of benzene rings is 2. The van der Waals surface area contributed by atoms with Crippen molar-refractivity contribution in [3.8, 4) is 10.4 Å². The molecule has 210 valence electrons. The van der Waals surface area contributed by atoms with Crippen molar-refractivity contribution in [2.24, 2.45) is 5.92 Å². The molecule has 1 N–H and O–H groups in total. The maximum Gasteiger partial charge on any atom is 0.276 e. The molecule has 2 aliphatic rings. The van der Waals surface area contributed by atoms with Crippen molar-refractivity contribution in [2.45, 2.75) is 46.1 Å². The second-order valence-electron chi connectivity index (χ2n) is 11.1. The van der Waals surface area contributed by atoms with Crippen molar-refractivity contribution in [3.05, 3.63) is 94.2 Å². The number of para-hydroxylation sites is 2. The van der Waals surface area contributed by atoms with E-state index in [-0.39, 0.29) is 17.5 Å². The number of nitrogens with zero attached hydrogens (tertiary/aromatic N) is 3. The summed E-state index contributed by atoms with van der Waals surface area (Å²) in [5, 5.41) is 2.75. The molecule has 8 heteroatoms. The van der Waals surface area contributed by atoms with Gasteiger partial charge in [-0.2, -0.15) is 0 Å². The minimum atomic E-state index is -0.460. The van der Waals surface area contributed by atoms with Crippen LogP contribution in [0.1, 0.15) is 58.0 Å². The van der Waals surface area contributed by atoms with Gasteiger partial charge in [0.25, 0.3) is 11.8 Å². The summed E-state index contributed by atoms with van der Waals surface area (Å²) in [5.41, 5.74) is 3.97. The number of thiophene rings is 1. The van der Waals surface area contributed by atoms with Crippen LogP contribution in [0.3, 0.4) is 0 Å². The number of pyridine rings is 1. The molecule has 6 nitrogen and oxygen atoms in total. The number of amides is 2. The number of anilines is 3. The van der Waals surface area contributed by atoms with Crippen LogP contribution >= 0.6 is 11.3 Å². The Hall–Kier alpha value is -4.04. The molecule has 2 aliphatic heterocycles. The van der Waals surface area contributed by atoms with E-state index in [0.29, 0.717) is 41.1 Å². The molecule has 0 radical (unpaired) electrons. The molecular weight excluding hydrogens is 535 g/mol. The quantitative estimate of drug-likeness (QED) is 0.274. The zero-order chi connectivity index (χ0) is 28.7. The summed E-state index contributed by atoms with van der Waals surface area (Å²) < 4.78 is 14.4. The van der Waals surface area contributed by atoms with Gasteiger partial charge in [-0.15, -0.1) is 11.3 Å². The number of aromatic nitrogens is 1. The third kappa shape index (κ3) is 5.12. The molecular formula is C33H33FN4O2S. The summed E-state index contributed by atoms with van der Waals surface area (Å²) in [6, 6.07) is 20.5.